The molecule has 0 spiro atoms. The molecule has 0 radical (unpaired) electrons. The van der Waals surface area contributed by atoms with E-state index in [2.05, 4.69) is 16.0 Å². The predicted molar refractivity (Wildman–Crippen MR) is 114 cm³/mol. The summed E-state index contributed by atoms with van der Waals surface area (Å²) < 4.78 is 10.6. The molecule has 0 aliphatic carbocycles. The fourth-order valence-corrected chi connectivity index (χ4v) is 3.54. The maximum Gasteiger partial charge on any atom is 0.255 e. The lowest BCUT2D eigenvalue weighted by Gasteiger charge is -2.30. The number of hydrogen-bond donors (Lipinski definition) is 3. The fourth-order valence-electron chi connectivity index (χ4n) is 3.04. The van der Waals surface area contributed by atoms with Crippen LogP contribution in [0.1, 0.15) is 18.5 Å². The predicted octanol–water partition coefficient (Wildman–Crippen LogP) is 3.79. The van der Waals surface area contributed by atoms with E-state index >= 15 is 0 Å². The normalized spacial score (nSPS) is 16.1. The monoisotopic (exact) mass is 417 g/mol. The number of thiocarbonyl (C=S) groups is 1. The third-order valence-electron chi connectivity index (χ3n) is 4.37. The third kappa shape index (κ3) is 4.05. The van der Waals surface area contributed by atoms with E-state index in [0.29, 0.717) is 38.6 Å². The van der Waals surface area contributed by atoms with Crippen LogP contribution in [0.15, 0.2) is 53.7 Å². The number of rotatable bonds is 5. The molecule has 0 aromatic heterocycles. The second-order valence-corrected chi connectivity index (χ2v) is 6.94. The number of anilines is 1. The Labute approximate surface area is 173 Å². The van der Waals surface area contributed by atoms with Gasteiger partial charge in [0.1, 0.15) is 11.5 Å². The Balaban J connectivity index is 1.98. The third-order valence-corrected chi connectivity index (χ3v) is 4.88. The molecule has 1 amide bonds. The van der Waals surface area contributed by atoms with Crippen molar-refractivity contribution < 1.29 is 14.3 Å². The highest BCUT2D eigenvalue weighted by Crippen LogP contribution is 2.37. The molecule has 2 aromatic rings. The molecule has 0 unspecified atom stereocenters. The van der Waals surface area contributed by atoms with Crippen LogP contribution in [-0.4, -0.2) is 25.2 Å². The van der Waals surface area contributed by atoms with Gasteiger partial charge in [0, 0.05) is 17.8 Å². The molecule has 2 aromatic carbocycles. The Hall–Kier alpha value is -2.77. The molecule has 8 heteroatoms. The summed E-state index contributed by atoms with van der Waals surface area (Å²) in [6.45, 7) is 1.82. The number of methoxy groups -OCH3 is 2. The van der Waals surface area contributed by atoms with Crippen molar-refractivity contribution in [2.24, 2.45) is 0 Å². The minimum atomic E-state index is -0.379. The first kappa shape index (κ1) is 20.0. The van der Waals surface area contributed by atoms with Gasteiger partial charge in [-0.15, -0.1) is 0 Å². The molecule has 1 aliphatic heterocycles. The second kappa shape index (κ2) is 8.50. The maximum absolute atomic E-state index is 13.2. The van der Waals surface area contributed by atoms with Crippen molar-refractivity contribution in [1.82, 2.24) is 10.6 Å². The highest BCUT2D eigenvalue weighted by molar-refractivity contribution is 7.80. The van der Waals surface area contributed by atoms with E-state index < -0.39 is 0 Å². The number of nitrogens with one attached hydrogen (secondary N) is 3. The van der Waals surface area contributed by atoms with E-state index in [1.807, 2.05) is 37.3 Å². The molecule has 0 saturated heterocycles. The van der Waals surface area contributed by atoms with Crippen molar-refractivity contribution in [3.8, 4) is 11.5 Å². The summed E-state index contributed by atoms with van der Waals surface area (Å²) in [7, 11) is 3.01. The van der Waals surface area contributed by atoms with E-state index in [1.165, 1.54) is 14.2 Å². The van der Waals surface area contributed by atoms with Gasteiger partial charge in [-0.1, -0.05) is 41.9 Å². The molecule has 3 rings (SSSR count). The Morgan fingerprint density at radius 3 is 2.46 bits per heavy atom. The number of hydrogen-bond acceptors (Lipinski definition) is 4. The molecule has 3 N–H and O–H groups in total. The van der Waals surface area contributed by atoms with Crippen LogP contribution in [0.3, 0.4) is 0 Å². The van der Waals surface area contributed by atoms with Gasteiger partial charge in [-0.3, -0.25) is 4.79 Å². The largest absolute Gasteiger partial charge is 0.495 e. The summed E-state index contributed by atoms with van der Waals surface area (Å²) in [5, 5.41) is 9.93. The van der Waals surface area contributed by atoms with E-state index in [-0.39, 0.29) is 11.9 Å². The minimum absolute atomic E-state index is 0.295. The second-order valence-electron chi connectivity index (χ2n) is 6.12. The van der Waals surface area contributed by atoms with Crippen molar-refractivity contribution in [3.63, 3.8) is 0 Å². The first-order chi connectivity index (χ1) is 13.4. The number of amides is 1. The molecular weight excluding hydrogens is 398 g/mol. The number of carbonyl (C=O) groups is 1. The summed E-state index contributed by atoms with van der Waals surface area (Å²) in [5.74, 6) is 0.571. The standard InChI is InChI=1S/C20H20ClN3O3S/c1-11-17(18(24-20(28)22-11)12-7-5-4-6-8-12)19(25)23-14-10-15(26-2)13(21)9-16(14)27-3/h4-10,18H,1-3H3,(H,23,25)(H2,22,24,28)/t18-/m0/s1. The fraction of sp³-hybridized carbons (Fsp3) is 0.200. The summed E-state index contributed by atoms with van der Waals surface area (Å²) >= 11 is 11.4. The van der Waals surface area contributed by atoms with Gasteiger partial charge >= 0.3 is 0 Å². The molecular formula is C20H20ClN3O3S. The zero-order valence-electron chi connectivity index (χ0n) is 15.6. The van der Waals surface area contributed by atoms with Gasteiger partial charge in [-0.05, 0) is 24.7 Å². The molecule has 1 heterocycles. The van der Waals surface area contributed by atoms with Gasteiger partial charge in [-0.2, -0.15) is 0 Å². The number of ether oxygens (including phenoxy) is 2. The van der Waals surface area contributed by atoms with Crippen LogP contribution >= 0.6 is 23.8 Å². The van der Waals surface area contributed by atoms with E-state index in [0.717, 1.165) is 5.56 Å². The van der Waals surface area contributed by atoms with Crippen molar-refractivity contribution in [2.75, 3.05) is 19.5 Å². The number of halogens is 1. The lowest BCUT2D eigenvalue weighted by Crippen LogP contribution is -2.45. The van der Waals surface area contributed by atoms with Crippen LogP contribution in [-0.2, 0) is 4.79 Å². The first-order valence-corrected chi connectivity index (χ1v) is 9.29. The van der Waals surface area contributed by atoms with Crippen molar-refractivity contribution in [3.05, 3.63) is 64.3 Å². The summed E-state index contributed by atoms with van der Waals surface area (Å²) in [5.41, 5.74) is 2.58. The molecule has 28 heavy (non-hydrogen) atoms. The zero-order valence-corrected chi connectivity index (χ0v) is 17.2. The Kier molecular flexibility index (Phi) is 6.06. The van der Waals surface area contributed by atoms with Crippen LogP contribution < -0.4 is 25.4 Å². The molecule has 0 saturated carbocycles. The highest BCUT2D eigenvalue weighted by atomic mass is 35.5. The smallest absolute Gasteiger partial charge is 0.255 e. The molecule has 1 atom stereocenters. The topological polar surface area (TPSA) is 71.6 Å². The average Bonchev–Trinajstić information content (AvgIpc) is 2.68. The van der Waals surface area contributed by atoms with Gasteiger partial charge in [0.25, 0.3) is 5.91 Å². The van der Waals surface area contributed by atoms with Crippen LogP contribution in [0.25, 0.3) is 0 Å². The van der Waals surface area contributed by atoms with Crippen LogP contribution in [0.4, 0.5) is 5.69 Å². The SMILES string of the molecule is COc1cc(NC(=O)C2=C(C)NC(=S)N[C@H]2c2ccccc2)c(OC)cc1Cl. The summed E-state index contributed by atoms with van der Waals surface area (Å²) in [6.07, 6.45) is 0. The lowest BCUT2D eigenvalue weighted by atomic mass is 9.95. The quantitative estimate of drug-likeness (QED) is 0.643. The first-order valence-electron chi connectivity index (χ1n) is 8.50. The Morgan fingerprint density at radius 2 is 1.82 bits per heavy atom. The summed E-state index contributed by atoms with van der Waals surface area (Å²) in [6, 6.07) is 12.5. The maximum atomic E-state index is 13.2. The lowest BCUT2D eigenvalue weighted by molar-refractivity contribution is -0.113. The molecule has 146 valence electrons. The van der Waals surface area contributed by atoms with Gasteiger partial charge in [-0.25, -0.2) is 0 Å². The Morgan fingerprint density at radius 1 is 1.14 bits per heavy atom. The van der Waals surface area contributed by atoms with Crippen molar-refractivity contribution >= 4 is 40.5 Å². The van der Waals surface area contributed by atoms with Crippen LogP contribution in [0, 0.1) is 0 Å². The van der Waals surface area contributed by atoms with Crippen molar-refractivity contribution in [2.45, 2.75) is 13.0 Å². The van der Waals surface area contributed by atoms with Crippen LogP contribution in [0.2, 0.25) is 5.02 Å². The molecule has 0 bridgehead atoms. The van der Waals surface area contributed by atoms with Gasteiger partial charge in [0.2, 0.25) is 0 Å². The van der Waals surface area contributed by atoms with Crippen molar-refractivity contribution in [1.29, 1.82) is 0 Å². The van der Waals surface area contributed by atoms with Gasteiger partial charge in [0.15, 0.2) is 5.11 Å². The van der Waals surface area contributed by atoms with Gasteiger partial charge < -0.3 is 25.4 Å². The van der Waals surface area contributed by atoms with Crippen LogP contribution in [0.5, 0.6) is 11.5 Å². The minimum Gasteiger partial charge on any atom is -0.495 e. The zero-order chi connectivity index (χ0) is 20.3. The summed E-state index contributed by atoms with van der Waals surface area (Å²) in [4.78, 5) is 13.2. The number of benzene rings is 2. The number of allylic oxidation sites excluding steroid dienone is 1. The van der Waals surface area contributed by atoms with E-state index in [4.69, 9.17) is 33.3 Å². The average molecular weight is 418 g/mol. The molecule has 6 nitrogen and oxygen atoms in total. The Bertz CT molecular complexity index is 947. The molecule has 1 aliphatic rings. The molecule has 0 fully saturated rings. The van der Waals surface area contributed by atoms with Gasteiger partial charge in [0.05, 0.1) is 36.5 Å². The number of carbonyl (C=O) groups excluding carboxylic acids is 1. The highest BCUT2D eigenvalue weighted by Gasteiger charge is 2.30. The van der Waals surface area contributed by atoms with E-state index in [1.54, 1.807) is 12.1 Å². The van der Waals surface area contributed by atoms with E-state index in [9.17, 15) is 4.79 Å².